The molecule has 60 heavy (non-hydrogen) atoms. The van der Waals surface area contributed by atoms with Crippen molar-refractivity contribution in [3.8, 4) is 11.5 Å². The van der Waals surface area contributed by atoms with Crippen LogP contribution in [0.15, 0.2) is 51.3 Å². The third-order valence-corrected chi connectivity index (χ3v) is 11.5. The third kappa shape index (κ3) is 9.43. The second-order valence-electron chi connectivity index (χ2n) is 13.1. The first-order valence-electron chi connectivity index (χ1n) is 17.2. The highest BCUT2D eigenvalue weighted by atomic mass is 32.2. The summed E-state index contributed by atoms with van der Waals surface area (Å²) in [5.74, 6) is -4.34. The number of fused-ring (bicyclic) bond motifs is 2. The van der Waals surface area contributed by atoms with Crippen molar-refractivity contribution in [3.05, 3.63) is 63.9 Å². The lowest BCUT2D eigenvalue weighted by Crippen LogP contribution is -2.70. The van der Waals surface area contributed by atoms with E-state index in [0.717, 1.165) is 28.4 Å². The number of ether oxygens (including phenoxy) is 1. The number of phenolic OH excluding ortho intramolecular Hbond substituents is 2. The van der Waals surface area contributed by atoms with Crippen LogP contribution in [0.3, 0.4) is 0 Å². The van der Waals surface area contributed by atoms with Crippen molar-refractivity contribution in [2.24, 2.45) is 5.16 Å². The number of thiazole rings is 1. The monoisotopic (exact) mass is 886 g/mol. The highest BCUT2D eigenvalue weighted by Gasteiger charge is 2.54. The van der Waals surface area contributed by atoms with Gasteiger partial charge >= 0.3 is 6.16 Å². The molecule has 2 aliphatic rings. The number of thioether (sulfide) groups is 2. The number of nitrogen functional groups attached to an aromatic ring is 1. The quantitative estimate of drug-likeness (QED) is 0.0121. The van der Waals surface area contributed by atoms with E-state index in [9.17, 15) is 44.1 Å². The highest BCUT2D eigenvalue weighted by molar-refractivity contribution is 8.01. The topological polar surface area (TPSA) is 348 Å². The Bertz CT molecular complexity index is 2470. The molecule has 2 atom stereocenters. The molecule has 27 heteroatoms. The zero-order valence-electron chi connectivity index (χ0n) is 31.4. The number of oxime groups is 1. The molecule has 0 spiro atoms. The number of rotatable bonds is 14. The molecule has 0 aliphatic carbocycles. The van der Waals surface area contributed by atoms with Crippen LogP contribution in [0.1, 0.15) is 47.8 Å². The minimum Gasteiger partial charge on any atom is -0.504 e. The number of carboxylic acid groups (broad SMARTS) is 1. The van der Waals surface area contributed by atoms with Crippen LogP contribution in [0.4, 0.5) is 9.93 Å². The van der Waals surface area contributed by atoms with Crippen LogP contribution >= 0.6 is 34.9 Å². The number of aromatic hydroxyl groups is 2. The lowest BCUT2D eigenvalue weighted by Gasteiger charge is -2.49. The molecule has 0 radical (unpaired) electrons. The molecule has 1 saturated heterocycles. The number of aryl methyl sites for hydroxylation is 2. The van der Waals surface area contributed by atoms with E-state index in [4.69, 9.17) is 20.5 Å². The van der Waals surface area contributed by atoms with Crippen LogP contribution < -0.4 is 27.4 Å². The number of nitrogens with zero attached hydrogens (tertiary/aromatic N) is 7. The number of carbonyl (C=O) groups excluding carboxylic acids is 5. The Balaban J connectivity index is 1.15. The summed E-state index contributed by atoms with van der Waals surface area (Å²) in [6, 6.07) is 3.72. The fraction of sp³-hybridized carbons (Fsp3) is 0.303. The number of hydrogen-bond acceptors (Lipinski definition) is 20. The van der Waals surface area contributed by atoms with Gasteiger partial charge in [-0.1, -0.05) is 5.16 Å². The zero-order valence-corrected chi connectivity index (χ0v) is 33.8. The van der Waals surface area contributed by atoms with E-state index in [0.29, 0.717) is 22.1 Å². The lowest BCUT2D eigenvalue weighted by molar-refractivity contribution is -0.148. The molecule has 4 aromatic rings. The van der Waals surface area contributed by atoms with Gasteiger partial charge in [-0.3, -0.25) is 44.9 Å². The molecule has 24 nitrogen and oxygen atoms in total. The maximum atomic E-state index is 13.7. The molecule has 1 fully saturated rings. The molecular weight excluding hydrogens is 853 g/mol. The SMILES string of the molecule is Cc1nc2nc(CCC(=O)NO)cc(SCC3=C(OC(=O)O)N4C(=O)[C@@H](NC(=O)/C(=N\OC(C)(C)C(=O)NNC(=O)c5ccc(O)c(O)c5)c5csc(N)n5)[C@H]4SC3)n2n1. The standard InChI is InChI=1S/C33H34N12O12S3/c1-13-35-31-36-16(5-7-20(48)42-55)9-21(45(31)41-13)58-10-15-11-59-28-23(26(51)44(28)27(15)56-32(53)54)38-25(50)22(17-12-60-30(34)37-17)43-57-33(2,3)29(52)40-39-24(49)14-4-6-18(46)19(47)8-14/h4,6,8-9,12,23,28,46-47,55H,5,7,10-11H2,1-3H3,(H2,34,37)(H,38,50)(H,39,49)(H,40,52)(H,42,48)(H,53,54)/b43-22-/t23-,28-/m1/s1. The second-order valence-corrected chi connectivity index (χ2v) is 16.1. The Labute approximate surface area is 349 Å². The van der Waals surface area contributed by atoms with Gasteiger partial charge in [-0.2, -0.15) is 9.50 Å². The smallest absolute Gasteiger partial charge is 0.504 e. The van der Waals surface area contributed by atoms with Crippen molar-refractivity contribution in [1.82, 2.24) is 51.1 Å². The van der Waals surface area contributed by atoms with Crippen molar-refractivity contribution in [3.63, 3.8) is 0 Å². The van der Waals surface area contributed by atoms with Gasteiger partial charge in [-0.25, -0.2) is 20.2 Å². The summed E-state index contributed by atoms with van der Waals surface area (Å²) in [5, 5.41) is 49.6. The summed E-state index contributed by atoms with van der Waals surface area (Å²) in [7, 11) is 0. The van der Waals surface area contributed by atoms with Crippen LogP contribution in [0, 0.1) is 6.92 Å². The molecule has 5 heterocycles. The van der Waals surface area contributed by atoms with Gasteiger partial charge in [0.25, 0.3) is 29.4 Å². The summed E-state index contributed by atoms with van der Waals surface area (Å²) in [6.45, 7) is 4.21. The van der Waals surface area contributed by atoms with E-state index in [1.54, 1.807) is 18.5 Å². The number of benzene rings is 1. The van der Waals surface area contributed by atoms with Crippen molar-refractivity contribution < 1.29 is 58.9 Å². The maximum absolute atomic E-state index is 13.7. The first-order valence-corrected chi connectivity index (χ1v) is 20.1. The van der Waals surface area contributed by atoms with Gasteiger partial charge in [0.05, 0.1) is 0 Å². The number of hydrazine groups is 1. The number of carbonyl (C=O) groups is 6. The Morgan fingerprint density at radius 3 is 2.55 bits per heavy atom. The number of hydroxylamine groups is 1. The average Bonchev–Trinajstić information content (AvgIpc) is 3.81. The van der Waals surface area contributed by atoms with Gasteiger partial charge in [0.1, 0.15) is 28.0 Å². The zero-order chi connectivity index (χ0) is 43.5. The molecular formula is C33H34N12O12S3. The lowest BCUT2D eigenvalue weighted by atomic mass is 10.1. The molecule has 316 valence electrons. The van der Waals surface area contributed by atoms with E-state index in [-0.39, 0.29) is 52.4 Å². The summed E-state index contributed by atoms with van der Waals surface area (Å²) in [6.07, 6.45) is -1.57. The number of phenols is 2. The minimum atomic E-state index is -1.84. The van der Waals surface area contributed by atoms with E-state index in [2.05, 4.69) is 41.4 Å². The third-order valence-electron chi connectivity index (χ3n) is 8.45. The van der Waals surface area contributed by atoms with Crippen molar-refractivity contribution in [1.29, 1.82) is 0 Å². The van der Waals surface area contributed by atoms with Crippen LogP contribution in [0.25, 0.3) is 5.78 Å². The van der Waals surface area contributed by atoms with E-state index < -0.39 is 69.9 Å². The molecule has 0 saturated carbocycles. The van der Waals surface area contributed by atoms with E-state index in [1.165, 1.54) is 53.3 Å². The van der Waals surface area contributed by atoms with Crippen LogP contribution in [0.2, 0.25) is 0 Å². The summed E-state index contributed by atoms with van der Waals surface area (Å²) >= 11 is 3.40. The Hall–Kier alpha value is -6.71. The molecule has 2 aliphatic heterocycles. The van der Waals surface area contributed by atoms with E-state index in [1.807, 2.05) is 0 Å². The number of nitrogens with two attached hydrogens (primary N) is 1. The number of amides is 5. The second kappa shape index (κ2) is 17.6. The summed E-state index contributed by atoms with van der Waals surface area (Å²) < 4.78 is 6.60. The normalized spacial score (nSPS) is 16.4. The highest BCUT2D eigenvalue weighted by Crippen LogP contribution is 2.42. The molecule has 0 bridgehead atoms. The van der Waals surface area contributed by atoms with Gasteiger partial charge in [0, 0.05) is 40.1 Å². The number of aromatic nitrogens is 5. The Morgan fingerprint density at radius 1 is 1.10 bits per heavy atom. The molecule has 5 amide bonds. The molecule has 0 unspecified atom stereocenters. The molecule has 3 aromatic heterocycles. The van der Waals surface area contributed by atoms with Crippen molar-refractivity contribution in [2.75, 3.05) is 17.2 Å². The fourth-order valence-electron chi connectivity index (χ4n) is 5.40. The van der Waals surface area contributed by atoms with Crippen LogP contribution in [-0.4, -0.2) is 120 Å². The largest absolute Gasteiger partial charge is 0.512 e. The van der Waals surface area contributed by atoms with Gasteiger partial charge < -0.3 is 35.9 Å². The van der Waals surface area contributed by atoms with Gasteiger partial charge in [0.15, 0.2) is 22.3 Å². The van der Waals surface area contributed by atoms with Crippen LogP contribution in [-0.2, 0) is 35.2 Å². The van der Waals surface area contributed by atoms with Gasteiger partial charge in [0.2, 0.25) is 17.4 Å². The molecule has 6 rings (SSSR count). The molecule has 1 aromatic carbocycles. The summed E-state index contributed by atoms with van der Waals surface area (Å²) in [4.78, 5) is 95.7. The van der Waals surface area contributed by atoms with E-state index >= 15 is 0 Å². The average molecular weight is 887 g/mol. The van der Waals surface area contributed by atoms with Gasteiger partial charge in [-0.05, 0) is 51.5 Å². The van der Waals surface area contributed by atoms with Crippen molar-refractivity contribution >= 4 is 87.2 Å². The first-order chi connectivity index (χ1) is 28.4. The predicted octanol–water partition coefficient (Wildman–Crippen LogP) is 0.380. The number of hydrogen-bond donors (Lipinski definition) is 9. The predicted molar refractivity (Wildman–Crippen MR) is 209 cm³/mol. The summed E-state index contributed by atoms with van der Waals surface area (Å²) in [5.41, 5.74) is 10.1. The van der Waals surface area contributed by atoms with Gasteiger partial charge in [-0.15, -0.1) is 40.0 Å². The minimum absolute atomic E-state index is 0.0574. The van der Waals surface area contributed by atoms with Crippen LogP contribution in [0.5, 0.6) is 11.5 Å². The first kappa shape index (κ1) is 42.9. The number of anilines is 1. The Kier molecular flexibility index (Phi) is 12.6. The fourth-order valence-corrected chi connectivity index (χ4v) is 8.41. The van der Waals surface area contributed by atoms with Crippen molar-refractivity contribution in [2.45, 2.75) is 55.7 Å². The number of β-lactam (4-membered cyclic amide) rings is 1. The Morgan fingerprint density at radius 2 is 1.87 bits per heavy atom. The number of nitrogens with one attached hydrogen (secondary N) is 4. The molecule has 10 N–H and O–H groups in total. The maximum Gasteiger partial charge on any atom is 0.512 e.